The topological polar surface area (TPSA) is 55.6 Å². The molecule has 1 aliphatic rings. The molecule has 1 amide bonds. The summed E-state index contributed by atoms with van der Waals surface area (Å²) in [5.41, 5.74) is 0.451. The van der Waals surface area contributed by atoms with Crippen molar-refractivity contribution < 1.29 is 31.5 Å². The van der Waals surface area contributed by atoms with Crippen LogP contribution in [0.1, 0.15) is 40.4 Å². The molecular formula is C21H16F4N2O3. The molecule has 2 aromatic carbocycles. The molecule has 0 N–H and O–H groups in total. The van der Waals surface area contributed by atoms with E-state index in [1.807, 2.05) is 0 Å². The van der Waals surface area contributed by atoms with Crippen molar-refractivity contribution in [3.05, 3.63) is 88.9 Å². The number of benzene rings is 2. The van der Waals surface area contributed by atoms with E-state index in [9.17, 15) is 22.4 Å². The highest BCUT2D eigenvalue weighted by atomic mass is 19.4. The van der Waals surface area contributed by atoms with E-state index < -0.39 is 35.8 Å². The monoisotopic (exact) mass is 420 g/mol. The Morgan fingerprint density at radius 3 is 2.47 bits per heavy atom. The second kappa shape index (κ2) is 7.47. The maximum absolute atomic E-state index is 13.4. The van der Waals surface area contributed by atoms with Gasteiger partial charge in [0.1, 0.15) is 24.7 Å². The van der Waals surface area contributed by atoms with Crippen LogP contribution in [0.25, 0.3) is 0 Å². The third kappa shape index (κ3) is 3.87. The number of hydrogen-bond acceptors (Lipinski definition) is 4. The second-order valence-corrected chi connectivity index (χ2v) is 6.93. The number of amides is 1. The smallest absolute Gasteiger partial charge is 0.416 e. The van der Waals surface area contributed by atoms with Gasteiger partial charge in [-0.1, -0.05) is 24.3 Å². The van der Waals surface area contributed by atoms with Gasteiger partial charge in [-0.15, -0.1) is 0 Å². The largest absolute Gasteiger partial charge is 0.447 e. The minimum atomic E-state index is -4.54. The lowest BCUT2D eigenvalue weighted by Crippen LogP contribution is -2.28. The summed E-state index contributed by atoms with van der Waals surface area (Å²) in [6.07, 6.45) is -4.88. The number of alkyl halides is 3. The van der Waals surface area contributed by atoms with Gasteiger partial charge in [-0.05, 0) is 42.3 Å². The molecule has 0 saturated carbocycles. The fourth-order valence-electron chi connectivity index (χ4n) is 3.46. The van der Waals surface area contributed by atoms with Crippen LogP contribution in [0.15, 0.2) is 59.2 Å². The zero-order chi connectivity index (χ0) is 21.5. The third-order valence-corrected chi connectivity index (χ3v) is 4.81. The number of nitrogens with zero attached hydrogens (tertiary/aromatic N) is 2. The first-order valence-electron chi connectivity index (χ1n) is 9.03. The molecule has 0 bridgehead atoms. The first kappa shape index (κ1) is 19.9. The van der Waals surface area contributed by atoms with Gasteiger partial charge >= 0.3 is 12.3 Å². The van der Waals surface area contributed by atoms with Gasteiger partial charge in [0.15, 0.2) is 6.10 Å². The number of rotatable bonds is 4. The molecule has 3 aromatic rings. The van der Waals surface area contributed by atoms with Crippen LogP contribution in [-0.4, -0.2) is 16.0 Å². The molecule has 0 radical (unpaired) electrons. The van der Waals surface area contributed by atoms with Gasteiger partial charge in [-0.3, -0.25) is 4.90 Å². The SMILES string of the molecule is Cc1coc(CN2C(=O)OC(c3cccc(C(F)(F)F)c3)C2c2ccc(F)cc2)n1. The highest BCUT2D eigenvalue weighted by Gasteiger charge is 2.45. The highest BCUT2D eigenvalue weighted by Crippen LogP contribution is 2.44. The number of aromatic nitrogens is 1. The molecule has 2 atom stereocenters. The van der Waals surface area contributed by atoms with Crippen molar-refractivity contribution in [2.24, 2.45) is 0 Å². The molecule has 4 rings (SSSR count). The average Bonchev–Trinajstić information content (AvgIpc) is 3.25. The van der Waals surface area contributed by atoms with Gasteiger partial charge in [-0.2, -0.15) is 13.2 Å². The Morgan fingerprint density at radius 2 is 1.83 bits per heavy atom. The Bertz CT molecular complexity index is 1060. The summed E-state index contributed by atoms with van der Waals surface area (Å²) in [4.78, 5) is 18.1. The van der Waals surface area contributed by atoms with E-state index in [0.717, 1.165) is 12.1 Å². The number of hydrogen-bond donors (Lipinski definition) is 0. The van der Waals surface area contributed by atoms with Crippen molar-refractivity contribution in [3.8, 4) is 0 Å². The van der Waals surface area contributed by atoms with Gasteiger partial charge in [0.05, 0.1) is 11.3 Å². The van der Waals surface area contributed by atoms with E-state index >= 15 is 0 Å². The highest BCUT2D eigenvalue weighted by molar-refractivity contribution is 5.71. The molecule has 2 heterocycles. The zero-order valence-corrected chi connectivity index (χ0v) is 15.7. The van der Waals surface area contributed by atoms with Crippen molar-refractivity contribution in [2.75, 3.05) is 0 Å². The third-order valence-electron chi connectivity index (χ3n) is 4.81. The fourth-order valence-corrected chi connectivity index (χ4v) is 3.46. The molecule has 9 heteroatoms. The van der Waals surface area contributed by atoms with E-state index in [2.05, 4.69) is 4.98 Å². The van der Waals surface area contributed by atoms with Crippen molar-refractivity contribution in [3.63, 3.8) is 0 Å². The van der Waals surface area contributed by atoms with Gasteiger partial charge in [0, 0.05) is 0 Å². The second-order valence-electron chi connectivity index (χ2n) is 6.93. The van der Waals surface area contributed by atoms with Crippen LogP contribution in [-0.2, 0) is 17.5 Å². The summed E-state index contributed by atoms with van der Waals surface area (Å²) in [5.74, 6) is -0.226. The summed E-state index contributed by atoms with van der Waals surface area (Å²) in [7, 11) is 0. The molecule has 1 fully saturated rings. The molecule has 2 unspecified atom stereocenters. The van der Waals surface area contributed by atoms with Crippen molar-refractivity contribution in [1.29, 1.82) is 0 Å². The van der Waals surface area contributed by atoms with Gasteiger partial charge in [0.25, 0.3) is 0 Å². The Kier molecular flexibility index (Phi) is 4.97. The van der Waals surface area contributed by atoms with E-state index in [0.29, 0.717) is 11.3 Å². The predicted molar refractivity (Wildman–Crippen MR) is 96.6 cm³/mol. The predicted octanol–water partition coefficient (Wildman–Crippen LogP) is 5.58. The maximum Gasteiger partial charge on any atom is 0.416 e. The first-order valence-corrected chi connectivity index (χ1v) is 9.03. The van der Waals surface area contributed by atoms with Crippen LogP contribution >= 0.6 is 0 Å². The minimum Gasteiger partial charge on any atom is -0.447 e. The molecule has 5 nitrogen and oxygen atoms in total. The number of oxazole rings is 1. The summed E-state index contributed by atoms with van der Waals surface area (Å²) in [5, 5.41) is 0. The number of carbonyl (C=O) groups is 1. The zero-order valence-electron chi connectivity index (χ0n) is 15.7. The number of halogens is 4. The van der Waals surface area contributed by atoms with E-state index in [4.69, 9.17) is 9.15 Å². The average molecular weight is 420 g/mol. The minimum absolute atomic E-state index is 0.0514. The van der Waals surface area contributed by atoms with Crippen LogP contribution in [0.4, 0.5) is 22.4 Å². The lowest BCUT2D eigenvalue weighted by molar-refractivity contribution is -0.137. The van der Waals surface area contributed by atoms with Gasteiger partial charge in [-0.25, -0.2) is 14.2 Å². The molecule has 0 spiro atoms. The summed E-state index contributed by atoms with van der Waals surface area (Å²) >= 11 is 0. The summed E-state index contributed by atoms with van der Waals surface area (Å²) in [6.45, 7) is 1.67. The molecule has 1 saturated heterocycles. The Labute approximate surface area is 168 Å². The van der Waals surface area contributed by atoms with Gasteiger partial charge in [0.2, 0.25) is 5.89 Å². The lowest BCUT2D eigenvalue weighted by Gasteiger charge is -2.24. The molecule has 156 valence electrons. The van der Waals surface area contributed by atoms with Crippen LogP contribution in [0.3, 0.4) is 0 Å². The molecule has 30 heavy (non-hydrogen) atoms. The molecule has 1 aromatic heterocycles. The Balaban J connectivity index is 1.75. The van der Waals surface area contributed by atoms with Crippen LogP contribution in [0.5, 0.6) is 0 Å². The van der Waals surface area contributed by atoms with Crippen LogP contribution < -0.4 is 0 Å². The standard InChI is InChI=1S/C21H16F4N2O3/c1-12-11-29-17(26-12)10-27-18(13-5-7-16(22)8-6-13)19(30-20(27)28)14-3-2-4-15(9-14)21(23,24)25/h2-9,11,18-19H,10H2,1H3. The number of cyclic esters (lactones) is 1. The summed E-state index contributed by atoms with van der Waals surface area (Å²) < 4.78 is 63.8. The number of carbonyl (C=O) groups excluding carboxylic acids is 1. The lowest BCUT2D eigenvalue weighted by atomic mass is 9.94. The number of aryl methyl sites for hydroxylation is 1. The number of ether oxygens (including phenoxy) is 1. The molecular weight excluding hydrogens is 404 g/mol. The quantitative estimate of drug-likeness (QED) is 0.518. The van der Waals surface area contributed by atoms with Crippen LogP contribution in [0, 0.1) is 12.7 Å². The van der Waals surface area contributed by atoms with Crippen molar-refractivity contribution >= 4 is 6.09 Å². The van der Waals surface area contributed by atoms with E-state index in [-0.39, 0.29) is 18.0 Å². The maximum atomic E-state index is 13.4. The van der Waals surface area contributed by atoms with Crippen LogP contribution in [0.2, 0.25) is 0 Å². The van der Waals surface area contributed by atoms with Crippen molar-refractivity contribution in [1.82, 2.24) is 9.88 Å². The first-order chi connectivity index (χ1) is 14.2. The van der Waals surface area contributed by atoms with Gasteiger partial charge < -0.3 is 9.15 Å². The molecule has 1 aliphatic heterocycles. The van der Waals surface area contributed by atoms with E-state index in [1.165, 1.54) is 47.6 Å². The van der Waals surface area contributed by atoms with E-state index in [1.54, 1.807) is 6.92 Å². The Morgan fingerprint density at radius 1 is 1.10 bits per heavy atom. The normalized spacial score (nSPS) is 19.2. The molecule has 0 aliphatic carbocycles. The fraction of sp³-hybridized carbons (Fsp3) is 0.238. The summed E-state index contributed by atoms with van der Waals surface area (Å²) in [6, 6.07) is 9.19. The Hall–Kier alpha value is -3.36. The van der Waals surface area contributed by atoms with Crippen molar-refractivity contribution in [2.45, 2.75) is 31.8 Å².